The molecule has 11 rings (SSSR count). The van der Waals surface area contributed by atoms with E-state index in [2.05, 4.69) is 157 Å². The number of pyridine rings is 1. The zero-order valence-corrected chi connectivity index (χ0v) is 30.9. The quantitative estimate of drug-likeness (QED) is 0.166. The van der Waals surface area contributed by atoms with Crippen LogP contribution in [0.5, 0.6) is 0 Å². The summed E-state index contributed by atoms with van der Waals surface area (Å²) >= 11 is 3.67. The van der Waals surface area contributed by atoms with Crippen molar-refractivity contribution in [2.24, 2.45) is 5.92 Å². The van der Waals surface area contributed by atoms with Gasteiger partial charge in [-0.25, -0.2) is 0 Å². The Morgan fingerprint density at radius 3 is 2.13 bits per heavy atom. The van der Waals surface area contributed by atoms with E-state index in [0.29, 0.717) is 5.92 Å². The summed E-state index contributed by atoms with van der Waals surface area (Å²) in [6, 6.07) is 46.3. The summed E-state index contributed by atoms with van der Waals surface area (Å²) in [6.07, 6.45) is 9.19. The predicted molar refractivity (Wildman–Crippen MR) is 225 cm³/mol. The van der Waals surface area contributed by atoms with E-state index in [9.17, 15) is 0 Å². The molecular formula is C48H34N2OS2. The van der Waals surface area contributed by atoms with Crippen molar-refractivity contribution in [2.45, 2.75) is 25.2 Å². The van der Waals surface area contributed by atoms with E-state index < -0.39 is 0 Å². The maximum absolute atomic E-state index is 6.19. The summed E-state index contributed by atoms with van der Waals surface area (Å²) in [5.41, 5.74) is 10.2. The lowest BCUT2D eigenvalue weighted by molar-refractivity contribution is 0.394. The Labute approximate surface area is 315 Å². The van der Waals surface area contributed by atoms with Gasteiger partial charge in [0.2, 0.25) is 0 Å². The lowest BCUT2D eigenvalue weighted by atomic mass is 9.73. The van der Waals surface area contributed by atoms with Crippen molar-refractivity contribution in [3.8, 4) is 21.8 Å². The van der Waals surface area contributed by atoms with Crippen molar-refractivity contribution in [3.63, 3.8) is 0 Å². The Hall–Kier alpha value is -5.75. The van der Waals surface area contributed by atoms with Crippen LogP contribution in [0.2, 0.25) is 0 Å². The summed E-state index contributed by atoms with van der Waals surface area (Å²) < 4.78 is 8.89. The van der Waals surface area contributed by atoms with Gasteiger partial charge in [-0.1, -0.05) is 86.7 Å². The van der Waals surface area contributed by atoms with Gasteiger partial charge in [0, 0.05) is 55.1 Å². The molecule has 0 saturated heterocycles. The van der Waals surface area contributed by atoms with Gasteiger partial charge in [-0.3, -0.25) is 4.98 Å². The van der Waals surface area contributed by atoms with Crippen LogP contribution in [0.15, 0.2) is 167 Å². The number of furan rings is 1. The van der Waals surface area contributed by atoms with Crippen LogP contribution < -0.4 is 4.90 Å². The maximum atomic E-state index is 6.19. The number of aromatic nitrogens is 1. The average molecular weight is 719 g/mol. The van der Waals surface area contributed by atoms with Crippen LogP contribution in [0.3, 0.4) is 0 Å². The van der Waals surface area contributed by atoms with E-state index in [1.54, 1.807) is 6.20 Å². The molecule has 0 spiro atoms. The second-order valence-corrected chi connectivity index (χ2v) is 16.8. The SMILES string of the molecule is CC1(C)c2c(c3ccccc3c3ccccc23)C2C=CC(N(c3ccc(-c4cc5ncccc5o4)cc3)c3ccc(-c4cc5sccc5s4)cc3)=CC21. The molecule has 53 heavy (non-hydrogen) atoms. The van der Waals surface area contributed by atoms with E-state index in [1.165, 1.54) is 58.2 Å². The highest BCUT2D eigenvalue weighted by Crippen LogP contribution is 2.58. The molecule has 3 nitrogen and oxygen atoms in total. The van der Waals surface area contributed by atoms with Crippen molar-refractivity contribution < 1.29 is 4.42 Å². The van der Waals surface area contributed by atoms with Gasteiger partial charge < -0.3 is 9.32 Å². The molecule has 0 N–H and O–H groups in total. The normalized spacial score (nSPS) is 17.4. The van der Waals surface area contributed by atoms with E-state index >= 15 is 0 Å². The van der Waals surface area contributed by atoms with E-state index in [0.717, 1.165) is 33.8 Å². The molecule has 2 unspecified atom stereocenters. The van der Waals surface area contributed by atoms with Gasteiger partial charge in [0.05, 0.1) is 0 Å². The zero-order chi connectivity index (χ0) is 35.3. The molecule has 0 amide bonds. The van der Waals surface area contributed by atoms with Crippen molar-refractivity contribution >= 4 is 76.1 Å². The maximum Gasteiger partial charge on any atom is 0.153 e. The molecular weight excluding hydrogens is 685 g/mol. The summed E-state index contributed by atoms with van der Waals surface area (Å²) in [5, 5.41) is 7.61. The van der Waals surface area contributed by atoms with Gasteiger partial charge in [-0.15, -0.1) is 22.7 Å². The Balaban J connectivity index is 1.03. The number of hydrogen-bond acceptors (Lipinski definition) is 5. The van der Waals surface area contributed by atoms with Gasteiger partial charge in [-0.05, 0) is 122 Å². The Morgan fingerprint density at radius 1 is 0.698 bits per heavy atom. The van der Waals surface area contributed by atoms with Crippen molar-refractivity contribution in [1.82, 2.24) is 4.98 Å². The number of rotatable bonds is 5. The van der Waals surface area contributed by atoms with Gasteiger partial charge in [-0.2, -0.15) is 0 Å². The van der Waals surface area contributed by atoms with E-state index in [4.69, 9.17) is 4.42 Å². The van der Waals surface area contributed by atoms with Crippen LogP contribution >= 0.6 is 22.7 Å². The third-order valence-electron chi connectivity index (χ3n) is 11.5. The van der Waals surface area contributed by atoms with Crippen LogP contribution in [0, 0.1) is 5.92 Å². The first kappa shape index (κ1) is 30.8. The summed E-state index contributed by atoms with van der Waals surface area (Å²) in [5.74, 6) is 1.40. The molecule has 4 aromatic heterocycles. The second-order valence-electron chi connectivity index (χ2n) is 14.8. The minimum atomic E-state index is -0.0830. The van der Waals surface area contributed by atoms with Crippen LogP contribution in [0.25, 0.3) is 63.8 Å². The molecule has 0 aliphatic heterocycles. The molecule has 5 heteroatoms. The molecule has 2 aliphatic carbocycles. The van der Waals surface area contributed by atoms with E-state index in [1.807, 2.05) is 40.9 Å². The van der Waals surface area contributed by atoms with Gasteiger partial charge in [0.15, 0.2) is 5.58 Å². The van der Waals surface area contributed by atoms with Crippen LogP contribution in [0.4, 0.5) is 11.4 Å². The number of hydrogen-bond donors (Lipinski definition) is 0. The number of fused-ring (bicyclic) bond motifs is 10. The number of anilines is 2. The number of nitrogens with zero attached hydrogens (tertiary/aromatic N) is 2. The molecule has 0 saturated carbocycles. The van der Waals surface area contributed by atoms with Crippen LogP contribution in [0.1, 0.15) is 30.9 Å². The molecule has 0 fully saturated rings. The monoisotopic (exact) mass is 718 g/mol. The lowest BCUT2D eigenvalue weighted by Crippen LogP contribution is -2.28. The first-order valence-electron chi connectivity index (χ1n) is 18.2. The zero-order valence-electron chi connectivity index (χ0n) is 29.3. The fourth-order valence-corrected chi connectivity index (χ4v) is 11.2. The van der Waals surface area contributed by atoms with Crippen molar-refractivity contribution in [2.75, 3.05) is 4.90 Å². The topological polar surface area (TPSA) is 29.3 Å². The third kappa shape index (κ3) is 4.74. The first-order valence-corrected chi connectivity index (χ1v) is 19.9. The highest BCUT2D eigenvalue weighted by molar-refractivity contribution is 7.28. The molecule has 5 aromatic carbocycles. The second kappa shape index (κ2) is 11.6. The van der Waals surface area contributed by atoms with Gasteiger partial charge >= 0.3 is 0 Å². The minimum Gasteiger partial charge on any atom is -0.454 e. The smallest absolute Gasteiger partial charge is 0.153 e. The molecule has 0 radical (unpaired) electrons. The highest BCUT2D eigenvalue weighted by Gasteiger charge is 2.47. The Kier molecular flexibility index (Phi) is 6.76. The fraction of sp³-hybridized carbons (Fsp3) is 0.104. The summed E-state index contributed by atoms with van der Waals surface area (Å²) in [6.45, 7) is 4.90. The summed E-state index contributed by atoms with van der Waals surface area (Å²) in [4.78, 5) is 8.21. The predicted octanol–water partition coefficient (Wildman–Crippen LogP) is 14.0. The first-order chi connectivity index (χ1) is 26.0. The number of benzene rings is 5. The lowest BCUT2D eigenvalue weighted by Gasteiger charge is -2.35. The fourth-order valence-electron chi connectivity index (χ4n) is 9.04. The number of thiophene rings is 2. The van der Waals surface area contributed by atoms with Crippen LogP contribution in [-0.2, 0) is 5.41 Å². The Morgan fingerprint density at radius 2 is 1.40 bits per heavy atom. The van der Waals surface area contributed by atoms with Crippen molar-refractivity contribution in [3.05, 3.63) is 174 Å². The Bertz CT molecular complexity index is 2880. The van der Waals surface area contributed by atoms with Crippen LogP contribution in [-0.4, -0.2) is 4.98 Å². The molecule has 4 heterocycles. The van der Waals surface area contributed by atoms with Gasteiger partial charge in [0.1, 0.15) is 11.3 Å². The molecule has 2 aliphatic rings. The third-order valence-corrected chi connectivity index (χ3v) is 13.6. The van der Waals surface area contributed by atoms with Gasteiger partial charge in [0.25, 0.3) is 0 Å². The largest absolute Gasteiger partial charge is 0.454 e. The molecule has 254 valence electrons. The molecule has 0 bridgehead atoms. The summed E-state index contributed by atoms with van der Waals surface area (Å²) in [7, 11) is 0. The minimum absolute atomic E-state index is 0.0830. The highest BCUT2D eigenvalue weighted by atomic mass is 32.1. The molecule has 2 atom stereocenters. The average Bonchev–Trinajstić information content (AvgIpc) is 3.98. The van der Waals surface area contributed by atoms with Crippen molar-refractivity contribution in [1.29, 1.82) is 0 Å². The van der Waals surface area contributed by atoms with E-state index in [-0.39, 0.29) is 11.3 Å². The standard InChI is InChI=1S/C48H34N2OS2/c1-48(2)39-26-33(21-22-38(39)46-36-10-5-3-8-34(36)35-9-4-6-11-37(35)47(46)48)50(32-19-15-30(16-20-32)44-28-45-43(53-44)23-25-52-45)31-17-13-29(14-18-31)42-27-40-41(51-42)12-7-24-49-40/h3-28,38-39H,1-2H3. The molecule has 9 aromatic rings. The number of allylic oxidation sites excluding steroid dienone is 3.